The largest absolute Gasteiger partial charge is 0.460 e. The fraction of sp³-hybridized carbons (Fsp3) is 0.889. The second-order valence-electron chi connectivity index (χ2n) is 14.3. The maximum absolute atomic E-state index is 15.5. The third kappa shape index (κ3) is 8.07. The maximum atomic E-state index is 15.5. The number of esters is 1. The van der Waals surface area contributed by atoms with Crippen molar-refractivity contribution in [2.45, 2.75) is 144 Å². The van der Waals surface area contributed by atoms with E-state index in [4.69, 9.17) is 0 Å². The minimum Gasteiger partial charge on any atom is -0.413 e. The second-order valence-corrected chi connectivity index (χ2v) is 14.3. The molecule has 0 saturated heterocycles. The van der Waals surface area contributed by atoms with Crippen molar-refractivity contribution in [1.29, 1.82) is 0 Å². The molecule has 0 bridgehead atoms. The molecule has 0 aliphatic heterocycles. The fourth-order valence-corrected chi connectivity index (χ4v) is 4.62. The Morgan fingerprint density at radius 1 is 0.237 bits per heavy atom. The fourth-order valence-electron chi connectivity index (χ4n) is 4.62. The number of carbonyl (C=O) groups excluding carboxylic acids is 1. The van der Waals surface area contributed by atoms with Gasteiger partial charge in [0.1, 0.15) is 0 Å². The van der Waals surface area contributed by atoms with Crippen LogP contribution in [-0.4, -0.2) is 143 Å². The number of alkyl halides is 47. The quantitative estimate of drug-likeness (QED) is 0.0650. The van der Waals surface area contributed by atoms with Crippen LogP contribution in [0.5, 0.6) is 0 Å². The minimum absolute atomic E-state index is 0.708. The van der Waals surface area contributed by atoms with Gasteiger partial charge in [0, 0.05) is 5.57 Å². The molecule has 0 N–H and O–H groups in total. The summed E-state index contributed by atoms with van der Waals surface area (Å²) < 4.78 is 653. The molecule has 76 heavy (non-hydrogen) atoms. The van der Waals surface area contributed by atoms with Gasteiger partial charge in [-0.25, -0.2) is 9.18 Å². The molecule has 0 fully saturated rings. The summed E-state index contributed by atoms with van der Waals surface area (Å²) in [4.78, 5) is 11.5. The molecule has 0 aliphatic rings. The van der Waals surface area contributed by atoms with E-state index in [1.807, 2.05) is 0 Å². The highest BCUT2D eigenvalue weighted by Gasteiger charge is 3.05. The van der Waals surface area contributed by atoms with Crippen LogP contribution in [-0.2, 0) is 9.53 Å². The molecule has 0 heterocycles. The molecule has 0 saturated carbocycles. The smallest absolute Gasteiger partial charge is 0.413 e. The average Bonchev–Trinajstić information content (AvgIpc) is 3.17. The number of hydrogen-bond acceptors (Lipinski definition) is 2. The lowest BCUT2D eigenvalue weighted by Gasteiger charge is -2.49. The van der Waals surface area contributed by atoms with Crippen molar-refractivity contribution in [3.63, 3.8) is 0 Å². The first kappa shape index (κ1) is 71.9. The van der Waals surface area contributed by atoms with Crippen LogP contribution in [0.25, 0.3) is 0 Å². The lowest BCUT2D eigenvalue weighted by molar-refractivity contribution is -0.504. The number of hydrogen-bond donors (Lipinski definition) is 0. The Morgan fingerprint density at radius 3 is 0.526 bits per heavy atom. The topological polar surface area (TPSA) is 26.3 Å². The Hall–Kier alpha value is -4.08. The van der Waals surface area contributed by atoms with Gasteiger partial charge in [0.25, 0.3) is 0 Å². The molecule has 2 nitrogen and oxygen atoms in total. The van der Waals surface area contributed by atoms with Crippen LogP contribution in [0.4, 0.5) is 206 Å². The normalized spacial score (nSPS) is 17.7. The zero-order valence-electron chi connectivity index (χ0n) is 32.8. The van der Waals surface area contributed by atoms with Crippen LogP contribution < -0.4 is 0 Å². The molecular weight excluding hydrogens is 1250 g/mol. The zero-order valence-corrected chi connectivity index (χ0v) is 32.8. The van der Waals surface area contributed by atoms with E-state index in [-0.39, 0.29) is 0 Å². The van der Waals surface area contributed by atoms with Crippen LogP contribution in [0.2, 0.25) is 0 Å². The SMILES string of the molecule is C=C(C)C(=O)OC(F)(C(F)(F)C(F)(F)C(F)(F)C(F)(F)C(F)(F)C(F)(F)C(F)(F)C(F)(F)C(F)(F)C(F)(F)F)C(F)(F)C(F)(F)C(F)(F)C(F)(F)C(F)(F)C(F)(F)C(F)(F)C(F)(F)C(F)(F)C(F)(C(F)(F)F)C(F)(F)F. The van der Waals surface area contributed by atoms with E-state index in [1.165, 1.54) is 4.74 Å². The first-order chi connectivity index (χ1) is 31.8. The van der Waals surface area contributed by atoms with Gasteiger partial charge in [0.15, 0.2) is 0 Å². The van der Waals surface area contributed by atoms with Gasteiger partial charge in [-0.05, 0) is 6.92 Å². The van der Waals surface area contributed by atoms with E-state index in [1.54, 1.807) is 6.58 Å². The highest BCUT2D eigenvalue weighted by molar-refractivity contribution is 5.87. The van der Waals surface area contributed by atoms with Crippen LogP contribution in [0, 0.1) is 0 Å². The number of ether oxygens (including phenoxy) is 1. The summed E-state index contributed by atoms with van der Waals surface area (Å²) in [5, 5.41) is 0. The Bertz CT molecular complexity index is 2140. The molecule has 49 heteroatoms. The predicted molar refractivity (Wildman–Crippen MR) is 136 cm³/mol. The summed E-state index contributed by atoms with van der Waals surface area (Å²) in [6, 6.07) is 0. The average molecular weight is 1250 g/mol. The summed E-state index contributed by atoms with van der Waals surface area (Å²) >= 11 is 0. The van der Waals surface area contributed by atoms with Crippen LogP contribution in [0.15, 0.2) is 12.2 Å². The van der Waals surface area contributed by atoms with Gasteiger partial charge in [-0.15, -0.1) is 0 Å². The van der Waals surface area contributed by atoms with E-state index in [9.17, 15) is 207 Å². The predicted octanol–water partition coefficient (Wildman–Crippen LogP) is 15.6. The molecule has 0 amide bonds. The van der Waals surface area contributed by atoms with Gasteiger partial charge >= 0.3 is 143 Å². The van der Waals surface area contributed by atoms with E-state index in [0.29, 0.717) is 0 Å². The lowest BCUT2D eigenvalue weighted by Crippen LogP contribution is -2.82. The maximum Gasteiger partial charge on any atom is 0.460 e. The molecule has 0 aromatic heterocycles. The molecule has 0 spiro atoms. The Morgan fingerprint density at radius 2 is 0.382 bits per heavy atom. The molecule has 0 aliphatic carbocycles. The molecule has 0 aromatic rings. The van der Waals surface area contributed by atoms with Crippen molar-refractivity contribution in [2.24, 2.45) is 0 Å². The third-order valence-corrected chi connectivity index (χ3v) is 9.27. The molecule has 0 radical (unpaired) electrons. The standard InChI is InChI=1S/C27H5F47O2/c1-3(2)4(75)76-24(65,22(61,62)19(55,56)16(49,50)13(43,44)11(39,40)14(45,46)17(51,52)20(57,58)23(63,64)27(72,73)74)21(59,60)18(53,54)15(47,48)12(41,42)10(37,38)9(35,36)8(33,34)7(31,32)6(29,30)5(28,25(66,67)68)26(69,70)71/h1H2,2H3. The monoisotopic (exact) mass is 1250 g/mol. The number of halogens is 47. The summed E-state index contributed by atoms with van der Waals surface area (Å²) in [5.41, 5.74) is -12.4. The summed E-state index contributed by atoms with van der Waals surface area (Å²) in [6.45, 7) is 0.994. The van der Waals surface area contributed by atoms with Crippen LogP contribution >= 0.6 is 0 Å². The van der Waals surface area contributed by atoms with E-state index in [0.717, 1.165) is 0 Å². The first-order valence-corrected chi connectivity index (χ1v) is 16.1. The van der Waals surface area contributed by atoms with Crippen molar-refractivity contribution >= 4 is 5.97 Å². The van der Waals surface area contributed by atoms with E-state index >= 15 is 4.39 Å². The van der Waals surface area contributed by atoms with Crippen LogP contribution in [0.1, 0.15) is 6.92 Å². The van der Waals surface area contributed by atoms with Crippen molar-refractivity contribution in [1.82, 2.24) is 0 Å². The first-order valence-electron chi connectivity index (χ1n) is 16.1. The summed E-state index contributed by atoms with van der Waals surface area (Å²) in [6.07, 6.45) is -26.8. The Labute approximate surface area is 379 Å². The molecule has 454 valence electrons. The highest BCUT2D eigenvalue weighted by Crippen LogP contribution is 2.72. The lowest BCUT2D eigenvalue weighted by atomic mass is 9.80. The van der Waals surface area contributed by atoms with Gasteiger partial charge in [0.2, 0.25) is 0 Å². The van der Waals surface area contributed by atoms with Gasteiger partial charge in [-0.1, -0.05) is 6.58 Å². The molecular formula is C27H5F47O2. The minimum atomic E-state index is -10.8. The van der Waals surface area contributed by atoms with Crippen molar-refractivity contribution < 1.29 is 216 Å². The molecule has 1 atom stereocenters. The highest BCUT2D eigenvalue weighted by atomic mass is 19.5. The molecule has 0 aromatic carbocycles. The van der Waals surface area contributed by atoms with E-state index < -0.39 is 155 Å². The van der Waals surface area contributed by atoms with Crippen molar-refractivity contribution in [3.05, 3.63) is 12.2 Å². The number of carbonyl (C=O) groups is 1. The van der Waals surface area contributed by atoms with E-state index in [2.05, 4.69) is 0 Å². The summed E-state index contributed by atoms with van der Waals surface area (Å²) in [5.74, 6) is -203. The third-order valence-electron chi connectivity index (χ3n) is 9.27. The van der Waals surface area contributed by atoms with Gasteiger partial charge < -0.3 is 4.74 Å². The molecule has 0 rings (SSSR count). The van der Waals surface area contributed by atoms with Crippen LogP contribution in [0.3, 0.4) is 0 Å². The Balaban J connectivity index is 8.79. The second kappa shape index (κ2) is 17.5. The van der Waals surface area contributed by atoms with Crippen molar-refractivity contribution in [3.8, 4) is 0 Å². The summed E-state index contributed by atoms with van der Waals surface area (Å²) in [7, 11) is 0. The van der Waals surface area contributed by atoms with Gasteiger partial charge in [0.05, 0.1) is 0 Å². The number of rotatable bonds is 21. The van der Waals surface area contributed by atoms with Gasteiger partial charge in [-0.2, -0.15) is 202 Å². The van der Waals surface area contributed by atoms with Crippen molar-refractivity contribution in [2.75, 3.05) is 0 Å². The zero-order chi connectivity index (χ0) is 63.4. The molecule has 1 unspecified atom stereocenters. The van der Waals surface area contributed by atoms with Gasteiger partial charge in [-0.3, -0.25) is 0 Å². The Kier molecular flexibility index (Phi) is 16.5.